The van der Waals surface area contributed by atoms with Gasteiger partial charge in [0.15, 0.2) is 5.75 Å². The molecule has 0 spiro atoms. The molecule has 0 aliphatic heterocycles. The largest absolute Gasteiger partial charge is 0.489 e. The Morgan fingerprint density at radius 2 is 0.837 bits per heavy atom. The third-order valence-corrected chi connectivity index (χ3v) is 10.4. The molecule has 0 heterocycles. The molecule has 0 bridgehead atoms. The Bertz CT molecular complexity index is 1020. The first kappa shape index (κ1) is 45.0. The van der Waals surface area contributed by atoms with Crippen LogP contribution in [0.2, 0.25) is 0 Å². The number of hydrogen-bond acceptors (Lipinski definition) is 6. The number of allylic oxidation sites excluding steroid dienone is 1. The van der Waals surface area contributed by atoms with Gasteiger partial charge in [-0.2, -0.15) is 0 Å². The van der Waals surface area contributed by atoms with Gasteiger partial charge < -0.3 is 18.9 Å². The van der Waals surface area contributed by atoms with Crippen molar-refractivity contribution in [3.8, 4) is 23.0 Å². The van der Waals surface area contributed by atoms with Gasteiger partial charge in [-0.3, -0.25) is 0 Å². The van der Waals surface area contributed by atoms with Crippen molar-refractivity contribution in [2.45, 2.75) is 189 Å². The van der Waals surface area contributed by atoms with Gasteiger partial charge in [0, 0.05) is 11.6 Å². The van der Waals surface area contributed by atoms with Crippen molar-refractivity contribution < 1.29 is 28.3 Å². The zero-order chi connectivity index (χ0) is 36.0. The zero-order valence-electron chi connectivity index (χ0n) is 32.5. The molecule has 0 fully saturated rings. The molecule has 1 atom stereocenters. The molecule has 0 radical (unpaired) electrons. The second-order valence-corrected chi connectivity index (χ2v) is 15.2. The zero-order valence-corrected chi connectivity index (χ0v) is 33.4. The lowest BCUT2D eigenvalue weighted by Gasteiger charge is -2.20. The lowest BCUT2D eigenvalue weighted by molar-refractivity contribution is -0.108. The van der Waals surface area contributed by atoms with Crippen molar-refractivity contribution in [2.75, 3.05) is 26.4 Å². The fraction of sp³-hybridized carbons (Fsp3) is 0.786. The van der Waals surface area contributed by atoms with Crippen molar-refractivity contribution in [1.29, 1.82) is 0 Å². The van der Waals surface area contributed by atoms with Gasteiger partial charge >= 0.3 is 13.3 Å². The first-order valence-corrected chi connectivity index (χ1v) is 21.6. The van der Waals surface area contributed by atoms with Crippen molar-refractivity contribution in [3.05, 3.63) is 18.2 Å². The predicted octanol–water partition coefficient (Wildman–Crippen LogP) is 13.2. The molecule has 0 N–H and O–H groups in total. The van der Waals surface area contributed by atoms with E-state index in [1.807, 2.05) is 0 Å². The van der Waals surface area contributed by atoms with E-state index in [-0.39, 0.29) is 5.57 Å². The van der Waals surface area contributed by atoms with E-state index in [9.17, 15) is 9.36 Å². The standard InChI is InChI=1S/C42H74O6P/c1-7-11-15-19-23-27-31-45-37-35-38(49(44)42(43)36(5)6)40(47-33-29-25-21-17-13-9-3)41(48-34-30-26-22-18-14-10-4)39(37)46-32-28-24-20-16-12-8-2/h35H,5,7-34H2,1-4,6H3/q+1. The van der Waals surface area contributed by atoms with Gasteiger partial charge in [0.2, 0.25) is 22.6 Å². The summed E-state index contributed by atoms with van der Waals surface area (Å²) in [6.45, 7) is 16.3. The molecule has 49 heavy (non-hydrogen) atoms. The highest BCUT2D eigenvalue weighted by Crippen LogP contribution is 2.48. The van der Waals surface area contributed by atoms with Crippen LogP contribution in [0.15, 0.2) is 18.2 Å². The lowest BCUT2D eigenvalue weighted by Crippen LogP contribution is -2.16. The molecule has 282 valence electrons. The summed E-state index contributed by atoms with van der Waals surface area (Å²) in [5.74, 6) is 1.79. The van der Waals surface area contributed by atoms with Crippen LogP contribution in [0.4, 0.5) is 0 Å². The summed E-state index contributed by atoms with van der Waals surface area (Å²) >= 11 is 0. The minimum atomic E-state index is -2.49. The second kappa shape index (κ2) is 30.7. The molecular weight excluding hydrogens is 631 g/mol. The lowest BCUT2D eigenvalue weighted by atomic mass is 10.1. The van der Waals surface area contributed by atoms with E-state index in [0.29, 0.717) is 54.7 Å². The molecular formula is C42H74O6P+. The molecule has 1 aromatic carbocycles. The van der Waals surface area contributed by atoms with Crippen molar-refractivity contribution >= 4 is 18.6 Å². The Morgan fingerprint density at radius 1 is 0.510 bits per heavy atom. The number of carbonyl (C=O) groups excluding carboxylic acids is 1. The maximum atomic E-state index is 13.9. The molecule has 0 aliphatic carbocycles. The summed E-state index contributed by atoms with van der Waals surface area (Å²) in [4.78, 5) is 13.1. The van der Waals surface area contributed by atoms with Gasteiger partial charge in [0.1, 0.15) is 0 Å². The van der Waals surface area contributed by atoms with Gasteiger partial charge in [0.05, 0.1) is 26.4 Å². The fourth-order valence-corrected chi connectivity index (χ4v) is 6.92. The Balaban J connectivity index is 3.45. The molecule has 1 rings (SSSR count). The highest BCUT2D eigenvalue weighted by Gasteiger charge is 2.40. The van der Waals surface area contributed by atoms with E-state index in [1.54, 1.807) is 13.0 Å². The van der Waals surface area contributed by atoms with E-state index >= 15 is 0 Å². The van der Waals surface area contributed by atoms with E-state index in [4.69, 9.17) is 18.9 Å². The van der Waals surface area contributed by atoms with Gasteiger partial charge in [0.25, 0.3) is 0 Å². The molecule has 0 aliphatic rings. The maximum absolute atomic E-state index is 13.9. The summed E-state index contributed by atoms with van der Waals surface area (Å²) in [5.41, 5.74) is -0.223. The number of hydrogen-bond donors (Lipinski definition) is 0. The van der Waals surface area contributed by atoms with Crippen LogP contribution >= 0.6 is 7.80 Å². The van der Waals surface area contributed by atoms with E-state index < -0.39 is 13.3 Å². The molecule has 0 amide bonds. The van der Waals surface area contributed by atoms with Crippen LogP contribution in [0.1, 0.15) is 189 Å². The van der Waals surface area contributed by atoms with Crippen LogP contribution in [0.25, 0.3) is 0 Å². The van der Waals surface area contributed by atoms with Crippen LogP contribution in [-0.2, 0) is 9.36 Å². The van der Waals surface area contributed by atoms with Gasteiger partial charge in [-0.25, -0.2) is 4.79 Å². The number of carbonyl (C=O) groups is 1. The van der Waals surface area contributed by atoms with E-state index in [0.717, 1.165) is 57.8 Å². The summed E-state index contributed by atoms with van der Waals surface area (Å²) < 4.78 is 39.8. The highest BCUT2D eigenvalue weighted by atomic mass is 31.1. The van der Waals surface area contributed by atoms with Crippen molar-refractivity contribution in [3.63, 3.8) is 0 Å². The maximum Gasteiger partial charge on any atom is 0.462 e. The molecule has 0 saturated heterocycles. The average molecular weight is 706 g/mol. The monoisotopic (exact) mass is 706 g/mol. The van der Waals surface area contributed by atoms with Crippen LogP contribution in [0.3, 0.4) is 0 Å². The van der Waals surface area contributed by atoms with E-state index in [2.05, 4.69) is 34.3 Å². The van der Waals surface area contributed by atoms with Gasteiger partial charge in [-0.15, -0.1) is 0 Å². The molecule has 7 heteroatoms. The van der Waals surface area contributed by atoms with Crippen molar-refractivity contribution in [2.24, 2.45) is 0 Å². The summed E-state index contributed by atoms with van der Waals surface area (Å²) in [5, 5.41) is 0.316. The minimum absolute atomic E-state index is 0.260. The average Bonchev–Trinajstić information content (AvgIpc) is 3.10. The van der Waals surface area contributed by atoms with Crippen molar-refractivity contribution in [1.82, 2.24) is 0 Å². The SMILES string of the molecule is C=C(C)C(=O)[P+](=O)c1cc(OCCCCCCCC)c(OCCCCCCCC)c(OCCCCCCCC)c1OCCCCCCCC. The highest BCUT2D eigenvalue weighted by molar-refractivity contribution is 7.71. The minimum Gasteiger partial charge on any atom is -0.489 e. The molecule has 1 unspecified atom stereocenters. The Kier molecular flexibility index (Phi) is 28.2. The molecule has 0 aromatic heterocycles. The summed E-state index contributed by atoms with van der Waals surface area (Å²) in [6, 6.07) is 1.72. The Morgan fingerprint density at radius 3 is 1.22 bits per heavy atom. The number of rotatable bonds is 35. The molecule has 1 aromatic rings. The number of ether oxygens (including phenoxy) is 4. The molecule has 0 saturated carbocycles. The fourth-order valence-electron chi connectivity index (χ4n) is 5.77. The second-order valence-electron chi connectivity index (χ2n) is 13.7. The van der Waals surface area contributed by atoms with Crippen LogP contribution < -0.4 is 24.3 Å². The predicted molar refractivity (Wildman–Crippen MR) is 209 cm³/mol. The third kappa shape index (κ3) is 20.4. The summed E-state index contributed by atoms with van der Waals surface area (Å²) in [7, 11) is -2.49. The first-order valence-electron chi connectivity index (χ1n) is 20.3. The normalized spacial score (nSPS) is 11.4. The van der Waals surface area contributed by atoms with Crippen LogP contribution in [0, 0.1) is 0 Å². The Labute approximate surface area is 302 Å². The van der Waals surface area contributed by atoms with E-state index in [1.165, 1.54) is 96.3 Å². The summed E-state index contributed by atoms with van der Waals surface area (Å²) in [6.07, 6.45) is 27.4. The first-order chi connectivity index (χ1) is 23.9. The number of benzene rings is 1. The van der Waals surface area contributed by atoms with Gasteiger partial charge in [-0.05, 0) is 32.6 Å². The molecule has 6 nitrogen and oxygen atoms in total. The van der Waals surface area contributed by atoms with Crippen LogP contribution in [0.5, 0.6) is 23.0 Å². The topological polar surface area (TPSA) is 71.1 Å². The number of unbranched alkanes of at least 4 members (excludes halogenated alkanes) is 20. The third-order valence-electron chi connectivity index (χ3n) is 8.89. The van der Waals surface area contributed by atoms with Crippen LogP contribution in [-0.4, -0.2) is 32.0 Å². The quantitative estimate of drug-likeness (QED) is 0.0398. The Hall–Kier alpha value is -2.07. The smallest absolute Gasteiger partial charge is 0.462 e. The van der Waals surface area contributed by atoms with Gasteiger partial charge in [-0.1, -0.05) is 167 Å².